The molecule has 3 N–H and O–H groups in total. The van der Waals surface area contributed by atoms with Crippen LogP contribution in [0.15, 0.2) is 18.2 Å². The first-order chi connectivity index (χ1) is 9.47. The molecule has 0 unspecified atom stereocenters. The lowest BCUT2D eigenvalue weighted by molar-refractivity contribution is -0.133. The van der Waals surface area contributed by atoms with Gasteiger partial charge < -0.3 is 10.4 Å². The Labute approximate surface area is 117 Å². The van der Waals surface area contributed by atoms with E-state index in [4.69, 9.17) is 5.11 Å². The monoisotopic (exact) mass is 294 g/mol. The van der Waals surface area contributed by atoms with Gasteiger partial charge in [0.15, 0.2) is 0 Å². The van der Waals surface area contributed by atoms with E-state index in [-0.39, 0.29) is 28.5 Å². The molecule has 0 saturated carbocycles. The van der Waals surface area contributed by atoms with Crippen LogP contribution in [-0.2, 0) is 9.59 Å². The van der Waals surface area contributed by atoms with E-state index in [0.29, 0.717) is 5.69 Å². The van der Waals surface area contributed by atoms with Gasteiger partial charge in [-0.25, -0.2) is 0 Å². The van der Waals surface area contributed by atoms with Crippen LogP contribution in [0.2, 0.25) is 0 Å². The highest BCUT2D eigenvalue weighted by Gasteiger charge is 2.26. The summed E-state index contributed by atoms with van der Waals surface area (Å²) in [5, 5.41) is 13.1. The zero-order valence-electron chi connectivity index (χ0n) is 10.1. The van der Waals surface area contributed by atoms with E-state index in [0.717, 1.165) is 11.8 Å². The largest absolute Gasteiger partial charge is 0.481 e. The summed E-state index contributed by atoms with van der Waals surface area (Å²) in [7, 11) is 0. The minimum atomic E-state index is -0.990. The van der Waals surface area contributed by atoms with Crippen molar-refractivity contribution in [2.45, 2.75) is 0 Å². The number of carboxylic acids is 1. The molecule has 3 amide bonds. The van der Waals surface area contributed by atoms with Crippen LogP contribution >= 0.6 is 11.8 Å². The molecular formula is C12H10N2O5S. The fraction of sp³-hybridized carbons (Fsp3) is 0.167. The maximum Gasteiger partial charge on any atom is 0.313 e. The van der Waals surface area contributed by atoms with Gasteiger partial charge in [-0.1, -0.05) is 0 Å². The predicted octanol–water partition coefficient (Wildman–Crippen LogP) is 0.327. The Hall–Kier alpha value is -2.35. The normalized spacial score (nSPS) is 12.8. The SMILES string of the molecule is O=C(O)CSCC(=O)Nc1ccc2c(c1)C(=O)NC2=O. The molecule has 1 aliphatic heterocycles. The summed E-state index contributed by atoms with van der Waals surface area (Å²) in [6.45, 7) is 0. The van der Waals surface area contributed by atoms with E-state index in [1.54, 1.807) is 0 Å². The van der Waals surface area contributed by atoms with Crippen molar-refractivity contribution >= 4 is 41.1 Å². The fourth-order valence-corrected chi connectivity index (χ4v) is 2.21. The molecule has 0 aliphatic carbocycles. The molecule has 0 spiro atoms. The van der Waals surface area contributed by atoms with Crippen molar-refractivity contribution in [1.82, 2.24) is 5.32 Å². The number of amides is 3. The third-order valence-corrected chi connectivity index (χ3v) is 3.40. The number of anilines is 1. The predicted molar refractivity (Wildman–Crippen MR) is 71.8 cm³/mol. The minimum absolute atomic E-state index is 0.00544. The van der Waals surface area contributed by atoms with Gasteiger partial charge in [0.05, 0.1) is 22.6 Å². The van der Waals surface area contributed by atoms with Crippen molar-refractivity contribution in [3.05, 3.63) is 29.3 Å². The van der Waals surface area contributed by atoms with Crippen LogP contribution in [0.3, 0.4) is 0 Å². The lowest BCUT2D eigenvalue weighted by atomic mass is 10.1. The topological polar surface area (TPSA) is 113 Å². The van der Waals surface area contributed by atoms with E-state index in [2.05, 4.69) is 10.6 Å². The number of nitrogens with one attached hydrogen (secondary N) is 2. The van der Waals surface area contributed by atoms with Crippen molar-refractivity contribution < 1.29 is 24.3 Å². The van der Waals surface area contributed by atoms with Gasteiger partial charge in [-0.2, -0.15) is 0 Å². The van der Waals surface area contributed by atoms with Gasteiger partial charge in [0.25, 0.3) is 11.8 Å². The van der Waals surface area contributed by atoms with Crippen molar-refractivity contribution in [2.75, 3.05) is 16.8 Å². The van der Waals surface area contributed by atoms with E-state index in [1.165, 1.54) is 18.2 Å². The van der Waals surface area contributed by atoms with Crippen LogP contribution in [0.5, 0.6) is 0 Å². The Kier molecular flexibility index (Phi) is 4.04. The zero-order chi connectivity index (χ0) is 14.7. The summed E-state index contributed by atoms with van der Waals surface area (Å²) < 4.78 is 0. The van der Waals surface area contributed by atoms with Gasteiger partial charge in [-0.3, -0.25) is 24.5 Å². The number of carboxylic acid groups (broad SMARTS) is 1. The second-order valence-corrected chi connectivity index (χ2v) is 4.96. The Morgan fingerprint density at radius 1 is 1.15 bits per heavy atom. The van der Waals surface area contributed by atoms with Crippen LogP contribution in [-0.4, -0.2) is 40.3 Å². The van der Waals surface area contributed by atoms with Gasteiger partial charge in [-0.15, -0.1) is 11.8 Å². The highest BCUT2D eigenvalue weighted by molar-refractivity contribution is 8.00. The second kappa shape index (κ2) is 5.74. The molecule has 1 aromatic carbocycles. The van der Waals surface area contributed by atoms with Crippen LogP contribution in [0.4, 0.5) is 5.69 Å². The van der Waals surface area contributed by atoms with Gasteiger partial charge in [0.1, 0.15) is 0 Å². The first-order valence-electron chi connectivity index (χ1n) is 5.56. The summed E-state index contributed by atoms with van der Waals surface area (Å²) >= 11 is 0.970. The number of imide groups is 1. The number of carbonyl (C=O) groups is 4. The average molecular weight is 294 g/mol. The van der Waals surface area contributed by atoms with Crippen molar-refractivity contribution in [3.8, 4) is 0 Å². The van der Waals surface area contributed by atoms with Gasteiger partial charge >= 0.3 is 5.97 Å². The molecule has 1 heterocycles. The Morgan fingerprint density at radius 2 is 1.85 bits per heavy atom. The highest BCUT2D eigenvalue weighted by atomic mass is 32.2. The lowest BCUT2D eigenvalue weighted by Gasteiger charge is -2.05. The molecule has 7 nitrogen and oxygen atoms in total. The molecule has 8 heteroatoms. The van der Waals surface area contributed by atoms with Crippen LogP contribution in [0.1, 0.15) is 20.7 Å². The van der Waals surface area contributed by atoms with E-state index >= 15 is 0 Å². The Morgan fingerprint density at radius 3 is 2.55 bits per heavy atom. The first-order valence-corrected chi connectivity index (χ1v) is 6.72. The fourth-order valence-electron chi connectivity index (χ4n) is 1.67. The molecule has 20 heavy (non-hydrogen) atoms. The molecule has 2 rings (SSSR count). The minimum Gasteiger partial charge on any atom is -0.481 e. The maximum absolute atomic E-state index is 11.5. The number of carbonyl (C=O) groups excluding carboxylic acids is 3. The van der Waals surface area contributed by atoms with Crippen LogP contribution in [0, 0.1) is 0 Å². The number of benzene rings is 1. The standard InChI is InChI=1S/C12H10N2O5S/c15-9(4-20-5-10(16)17)13-6-1-2-7-8(3-6)12(19)14-11(7)18/h1-3H,4-5H2,(H,13,15)(H,16,17)(H,14,18,19). The number of rotatable bonds is 5. The first kappa shape index (κ1) is 14.1. The third-order valence-electron chi connectivity index (χ3n) is 2.48. The molecule has 104 valence electrons. The summed E-state index contributed by atoms with van der Waals surface area (Å²) in [5.74, 6) is -2.49. The number of aliphatic carboxylic acids is 1. The number of fused-ring (bicyclic) bond motifs is 1. The third kappa shape index (κ3) is 3.15. The number of hydrogen-bond acceptors (Lipinski definition) is 5. The summed E-state index contributed by atoms with van der Waals surface area (Å²) in [5.41, 5.74) is 0.869. The van der Waals surface area contributed by atoms with Crippen LogP contribution in [0.25, 0.3) is 0 Å². The Bertz CT molecular complexity index is 614. The quantitative estimate of drug-likeness (QED) is 0.674. The molecule has 0 atom stereocenters. The number of thioether (sulfide) groups is 1. The molecule has 0 saturated heterocycles. The molecule has 1 aromatic rings. The maximum atomic E-state index is 11.5. The molecule has 0 aromatic heterocycles. The molecule has 0 radical (unpaired) electrons. The van der Waals surface area contributed by atoms with Gasteiger partial charge in [-0.05, 0) is 18.2 Å². The zero-order valence-corrected chi connectivity index (χ0v) is 11.0. The summed E-state index contributed by atoms with van der Waals surface area (Å²) in [6, 6.07) is 4.38. The van der Waals surface area contributed by atoms with Crippen molar-refractivity contribution in [2.24, 2.45) is 0 Å². The average Bonchev–Trinajstić information content (AvgIpc) is 2.64. The second-order valence-electron chi connectivity index (χ2n) is 3.98. The summed E-state index contributed by atoms with van der Waals surface area (Å²) in [6.07, 6.45) is 0. The van der Waals surface area contributed by atoms with Crippen LogP contribution < -0.4 is 10.6 Å². The number of hydrogen-bond donors (Lipinski definition) is 3. The molecular weight excluding hydrogens is 284 g/mol. The van der Waals surface area contributed by atoms with Gasteiger partial charge in [0.2, 0.25) is 5.91 Å². The molecule has 0 bridgehead atoms. The Balaban J connectivity index is 1.99. The van der Waals surface area contributed by atoms with E-state index in [1.807, 2.05) is 0 Å². The van der Waals surface area contributed by atoms with E-state index < -0.39 is 17.8 Å². The van der Waals surface area contributed by atoms with E-state index in [9.17, 15) is 19.2 Å². The van der Waals surface area contributed by atoms with Crippen molar-refractivity contribution in [3.63, 3.8) is 0 Å². The summed E-state index contributed by atoms with van der Waals surface area (Å²) in [4.78, 5) is 44.6. The lowest BCUT2D eigenvalue weighted by Crippen LogP contribution is -2.19. The van der Waals surface area contributed by atoms with Crippen molar-refractivity contribution in [1.29, 1.82) is 0 Å². The van der Waals surface area contributed by atoms with Gasteiger partial charge in [0, 0.05) is 5.69 Å². The highest BCUT2D eigenvalue weighted by Crippen LogP contribution is 2.20. The smallest absolute Gasteiger partial charge is 0.313 e. The molecule has 1 aliphatic rings. The molecule has 0 fully saturated rings.